The van der Waals surface area contributed by atoms with Gasteiger partial charge in [0.25, 0.3) is 0 Å². The first kappa shape index (κ1) is 18.1. The summed E-state index contributed by atoms with van der Waals surface area (Å²) in [5.41, 5.74) is 3.61. The molecule has 0 aliphatic heterocycles. The molecule has 0 fully saturated rings. The van der Waals surface area contributed by atoms with E-state index in [1.807, 2.05) is 32.9 Å². The topological polar surface area (TPSA) is 60.7 Å². The van der Waals surface area contributed by atoms with E-state index in [1.165, 1.54) is 0 Å². The van der Waals surface area contributed by atoms with E-state index >= 15 is 0 Å². The zero-order chi connectivity index (χ0) is 17.5. The van der Waals surface area contributed by atoms with Gasteiger partial charge in [-0.3, -0.25) is 4.79 Å². The Kier molecular flexibility index (Phi) is 6.44. The first-order valence-corrected chi connectivity index (χ1v) is 8.17. The summed E-state index contributed by atoms with van der Waals surface area (Å²) in [6.07, 6.45) is 4.12. The first-order chi connectivity index (χ1) is 11.6. The predicted octanol–water partition coefficient (Wildman–Crippen LogP) is 3.70. The molecule has 0 bridgehead atoms. The number of rotatable bonds is 8. The van der Waals surface area contributed by atoms with Crippen LogP contribution in [-0.4, -0.2) is 32.8 Å². The fraction of sp³-hybridized carbons (Fsp3) is 0.421. The van der Waals surface area contributed by atoms with Crippen molar-refractivity contribution in [3.63, 3.8) is 0 Å². The number of carbonyl (C=O) groups is 1. The minimum Gasteiger partial charge on any atom is -0.493 e. The fourth-order valence-corrected chi connectivity index (χ4v) is 2.52. The molecule has 2 rings (SSSR count). The first-order valence-electron chi connectivity index (χ1n) is 8.17. The average molecular weight is 331 g/mol. The van der Waals surface area contributed by atoms with Crippen LogP contribution in [0.5, 0.6) is 5.75 Å². The summed E-state index contributed by atoms with van der Waals surface area (Å²) in [7, 11) is 1.65. The molecule has 1 aromatic heterocycles. The molecular formula is C19H25NO4. The summed E-state index contributed by atoms with van der Waals surface area (Å²) in [5, 5.41) is 3.89. The maximum Gasteiger partial charge on any atom is 0.244 e. The van der Waals surface area contributed by atoms with Gasteiger partial charge in [0, 0.05) is 43.4 Å². The molecule has 1 heterocycles. The molecule has 130 valence electrons. The van der Waals surface area contributed by atoms with Gasteiger partial charge in [-0.1, -0.05) is 0 Å². The number of hydrogen-bond acceptors (Lipinski definition) is 4. The van der Waals surface area contributed by atoms with Crippen molar-refractivity contribution in [1.82, 2.24) is 5.32 Å². The lowest BCUT2D eigenvalue weighted by Gasteiger charge is -2.11. The SMILES string of the molecule is CCOc1cc2occ(C)c2cc1/C(C)=C/C(=O)NCCCOC. The van der Waals surface area contributed by atoms with Crippen LogP contribution in [0, 0.1) is 6.92 Å². The summed E-state index contributed by atoms with van der Waals surface area (Å²) >= 11 is 0. The molecule has 5 heteroatoms. The Morgan fingerprint density at radius 1 is 1.38 bits per heavy atom. The standard InChI is InChI=1S/C19H25NO4/c1-5-23-17-11-18-16(14(3)12-24-18)10-15(17)13(2)9-19(21)20-7-6-8-22-4/h9-12H,5-8H2,1-4H3,(H,20,21)/b13-9+. The highest BCUT2D eigenvalue weighted by molar-refractivity contribution is 5.97. The number of nitrogens with one attached hydrogen (secondary N) is 1. The molecule has 0 radical (unpaired) electrons. The lowest BCUT2D eigenvalue weighted by molar-refractivity contribution is -0.116. The van der Waals surface area contributed by atoms with Crippen molar-refractivity contribution in [1.29, 1.82) is 0 Å². The highest BCUT2D eigenvalue weighted by Crippen LogP contribution is 2.33. The molecular weight excluding hydrogens is 306 g/mol. The van der Waals surface area contributed by atoms with E-state index < -0.39 is 0 Å². The van der Waals surface area contributed by atoms with Gasteiger partial charge < -0.3 is 19.2 Å². The number of carbonyl (C=O) groups excluding carboxylic acids is 1. The smallest absolute Gasteiger partial charge is 0.244 e. The van der Waals surface area contributed by atoms with Gasteiger partial charge in [0.15, 0.2) is 0 Å². The summed E-state index contributed by atoms with van der Waals surface area (Å²) in [6, 6.07) is 3.90. The second kappa shape index (κ2) is 8.55. The number of furan rings is 1. The van der Waals surface area contributed by atoms with Gasteiger partial charge >= 0.3 is 0 Å². The number of hydrogen-bond donors (Lipinski definition) is 1. The lowest BCUT2D eigenvalue weighted by atomic mass is 10.0. The number of methoxy groups -OCH3 is 1. The van der Waals surface area contributed by atoms with Gasteiger partial charge in [-0.05, 0) is 44.4 Å². The van der Waals surface area contributed by atoms with Crippen molar-refractivity contribution in [2.75, 3.05) is 26.9 Å². The monoisotopic (exact) mass is 331 g/mol. The molecule has 24 heavy (non-hydrogen) atoms. The molecule has 0 aliphatic carbocycles. The fourth-order valence-electron chi connectivity index (χ4n) is 2.52. The third kappa shape index (κ3) is 4.38. The van der Waals surface area contributed by atoms with E-state index in [1.54, 1.807) is 19.4 Å². The molecule has 0 saturated carbocycles. The van der Waals surface area contributed by atoms with Gasteiger partial charge in [-0.15, -0.1) is 0 Å². The minimum atomic E-state index is -0.116. The zero-order valence-corrected chi connectivity index (χ0v) is 14.8. The molecule has 5 nitrogen and oxygen atoms in total. The molecule has 0 atom stereocenters. The van der Waals surface area contributed by atoms with E-state index in [2.05, 4.69) is 5.32 Å². The van der Waals surface area contributed by atoms with E-state index in [0.717, 1.165) is 39.8 Å². The Hall–Kier alpha value is -2.27. The zero-order valence-electron chi connectivity index (χ0n) is 14.8. The molecule has 0 spiro atoms. The maximum absolute atomic E-state index is 12.1. The van der Waals surface area contributed by atoms with Gasteiger partial charge in [0.1, 0.15) is 11.3 Å². The van der Waals surface area contributed by atoms with E-state index in [-0.39, 0.29) is 5.91 Å². The number of fused-ring (bicyclic) bond motifs is 1. The van der Waals surface area contributed by atoms with Crippen molar-refractivity contribution in [2.24, 2.45) is 0 Å². The van der Waals surface area contributed by atoms with Crippen LogP contribution in [0.15, 0.2) is 28.9 Å². The van der Waals surface area contributed by atoms with Crippen LogP contribution in [-0.2, 0) is 9.53 Å². The minimum absolute atomic E-state index is 0.116. The van der Waals surface area contributed by atoms with Crippen LogP contribution in [0.3, 0.4) is 0 Å². The van der Waals surface area contributed by atoms with E-state index in [0.29, 0.717) is 19.8 Å². The van der Waals surface area contributed by atoms with Crippen LogP contribution in [0.25, 0.3) is 16.5 Å². The van der Waals surface area contributed by atoms with Crippen molar-refractivity contribution >= 4 is 22.4 Å². The van der Waals surface area contributed by atoms with Crippen LogP contribution in [0.4, 0.5) is 0 Å². The molecule has 1 N–H and O–H groups in total. The van der Waals surface area contributed by atoms with Gasteiger partial charge in [0.2, 0.25) is 5.91 Å². The summed E-state index contributed by atoms with van der Waals surface area (Å²) in [4.78, 5) is 12.1. The highest BCUT2D eigenvalue weighted by atomic mass is 16.5. The summed E-state index contributed by atoms with van der Waals surface area (Å²) in [5.74, 6) is 0.607. The Balaban J connectivity index is 2.24. The molecule has 0 aliphatic rings. The Bertz CT molecular complexity index is 730. The maximum atomic E-state index is 12.1. The van der Waals surface area contributed by atoms with E-state index in [9.17, 15) is 4.79 Å². The molecule has 0 saturated heterocycles. The number of ether oxygens (including phenoxy) is 2. The van der Waals surface area contributed by atoms with E-state index in [4.69, 9.17) is 13.9 Å². The van der Waals surface area contributed by atoms with Crippen LogP contribution >= 0.6 is 0 Å². The summed E-state index contributed by atoms with van der Waals surface area (Å²) < 4.78 is 16.2. The van der Waals surface area contributed by atoms with Crippen LogP contribution < -0.4 is 10.1 Å². The van der Waals surface area contributed by atoms with Crippen LogP contribution in [0.2, 0.25) is 0 Å². The third-order valence-electron chi connectivity index (χ3n) is 3.77. The highest BCUT2D eigenvalue weighted by Gasteiger charge is 2.12. The Morgan fingerprint density at radius 2 is 2.17 bits per heavy atom. The second-order valence-electron chi connectivity index (χ2n) is 5.66. The number of allylic oxidation sites excluding steroid dienone is 1. The van der Waals surface area contributed by atoms with Gasteiger partial charge in [-0.2, -0.15) is 0 Å². The second-order valence-corrected chi connectivity index (χ2v) is 5.66. The number of aryl methyl sites for hydroxylation is 1. The van der Waals surface area contributed by atoms with Crippen LogP contribution in [0.1, 0.15) is 31.4 Å². The largest absolute Gasteiger partial charge is 0.493 e. The number of amides is 1. The molecule has 1 aromatic carbocycles. The third-order valence-corrected chi connectivity index (χ3v) is 3.77. The average Bonchev–Trinajstić information content (AvgIpc) is 2.91. The Morgan fingerprint density at radius 3 is 2.88 bits per heavy atom. The van der Waals surface area contributed by atoms with Crippen molar-refractivity contribution in [2.45, 2.75) is 27.2 Å². The van der Waals surface area contributed by atoms with Crippen molar-refractivity contribution < 1.29 is 18.7 Å². The Labute approximate surface area is 142 Å². The lowest BCUT2D eigenvalue weighted by Crippen LogP contribution is -2.23. The molecule has 1 amide bonds. The molecule has 2 aromatic rings. The van der Waals surface area contributed by atoms with Gasteiger partial charge in [-0.25, -0.2) is 0 Å². The van der Waals surface area contributed by atoms with Gasteiger partial charge in [0.05, 0.1) is 12.9 Å². The molecule has 0 unspecified atom stereocenters. The summed E-state index contributed by atoms with van der Waals surface area (Å²) in [6.45, 7) is 7.62. The predicted molar refractivity (Wildman–Crippen MR) is 95.3 cm³/mol. The van der Waals surface area contributed by atoms with Crippen molar-refractivity contribution in [3.8, 4) is 5.75 Å². The number of benzene rings is 1. The normalized spacial score (nSPS) is 11.8. The van der Waals surface area contributed by atoms with Crippen molar-refractivity contribution in [3.05, 3.63) is 35.6 Å². The quantitative estimate of drug-likeness (QED) is 0.592.